The van der Waals surface area contributed by atoms with E-state index in [1.54, 1.807) is 0 Å². The molecule has 0 aromatic heterocycles. The van der Waals surface area contributed by atoms with Crippen LogP contribution in [0.1, 0.15) is 33.1 Å². The number of benzene rings is 1. The molecular weight excluding hydrogens is 238 g/mol. The molecule has 0 aliphatic carbocycles. The Morgan fingerprint density at radius 1 is 1.29 bits per heavy atom. The number of hydrogen-bond acceptors (Lipinski definition) is 1. The van der Waals surface area contributed by atoms with Crippen LogP contribution in [0.25, 0.3) is 0 Å². The van der Waals surface area contributed by atoms with E-state index in [4.69, 9.17) is 0 Å². The molecule has 0 aliphatic rings. The molecule has 1 aromatic rings. The lowest BCUT2D eigenvalue weighted by Gasteiger charge is -2.14. The van der Waals surface area contributed by atoms with Crippen molar-refractivity contribution >= 4 is 21.6 Å². The topological polar surface area (TPSA) is 12.0 Å². The number of halogens is 1. The molecule has 2 heteroatoms. The zero-order chi connectivity index (χ0) is 10.4. The maximum absolute atomic E-state index is 3.48. The Hall–Kier alpha value is -0.500. The summed E-state index contributed by atoms with van der Waals surface area (Å²) in [6, 6.07) is 8.90. The molecule has 0 radical (unpaired) electrons. The lowest BCUT2D eigenvalue weighted by Crippen LogP contribution is -2.14. The van der Waals surface area contributed by atoms with Crippen LogP contribution in [-0.2, 0) is 0 Å². The summed E-state index contributed by atoms with van der Waals surface area (Å²) in [6.07, 6.45) is 3.81. The quantitative estimate of drug-likeness (QED) is 0.821. The van der Waals surface area contributed by atoms with E-state index in [2.05, 4.69) is 59.4 Å². The molecule has 1 unspecified atom stereocenters. The van der Waals surface area contributed by atoms with Crippen molar-refractivity contribution in [3.05, 3.63) is 28.7 Å². The molecular formula is C12H18BrN. The van der Waals surface area contributed by atoms with Crippen LogP contribution in [0.5, 0.6) is 0 Å². The van der Waals surface area contributed by atoms with Gasteiger partial charge >= 0.3 is 0 Å². The molecule has 1 N–H and O–H groups in total. The molecule has 0 spiro atoms. The highest BCUT2D eigenvalue weighted by Gasteiger charge is 2.00. The minimum Gasteiger partial charge on any atom is -0.383 e. The Morgan fingerprint density at radius 3 is 2.50 bits per heavy atom. The SMILES string of the molecule is CCCCC(C)Nc1ccc(Br)cc1. The third-order valence-electron chi connectivity index (χ3n) is 2.25. The minimum absolute atomic E-state index is 0.566. The van der Waals surface area contributed by atoms with Crippen LogP contribution in [0.15, 0.2) is 28.7 Å². The molecule has 0 amide bonds. The predicted molar refractivity (Wildman–Crippen MR) is 66.8 cm³/mol. The van der Waals surface area contributed by atoms with Gasteiger partial charge in [-0.2, -0.15) is 0 Å². The van der Waals surface area contributed by atoms with Crippen LogP contribution in [0.2, 0.25) is 0 Å². The van der Waals surface area contributed by atoms with Gasteiger partial charge in [-0.15, -0.1) is 0 Å². The molecule has 0 saturated carbocycles. The third-order valence-corrected chi connectivity index (χ3v) is 2.78. The van der Waals surface area contributed by atoms with Crippen LogP contribution in [-0.4, -0.2) is 6.04 Å². The highest BCUT2D eigenvalue weighted by atomic mass is 79.9. The lowest BCUT2D eigenvalue weighted by atomic mass is 10.1. The largest absolute Gasteiger partial charge is 0.383 e. The summed E-state index contributed by atoms with van der Waals surface area (Å²) >= 11 is 3.43. The summed E-state index contributed by atoms with van der Waals surface area (Å²) in [5.74, 6) is 0. The first-order valence-corrected chi connectivity index (χ1v) is 6.03. The van der Waals surface area contributed by atoms with E-state index in [0.717, 1.165) is 4.47 Å². The van der Waals surface area contributed by atoms with Gasteiger partial charge < -0.3 is 5.32 Å². The zero-order valence-corrected chi connectivity index (χ0v) is 10.5. The Kier molecular flexibility index (Phi) is 5.02. The number of unbranched alkanes of at least 4 members (excludes halogenated alkanes) is 1. The number of hydrogen-bond donors (Lipinski definition) is 1. The van der Waals surface area contributed by atoms with Gasteiger partial charge in [0.25, 0.3) is 0 Å². The normalized spacial score (nSPS) is 12.5. The summed E-state index contributed by atoms with van der Waals surface area (Å²) in [6.45, 7) is 4.46. The second-order valence-corrected chi connectivity index (χ2v) is 4.61. The highest BCUT2D eigenvalue weighted by Crippen LogP contribution is 2.15. The van der Waals surface area contributed by atoms with Gasteiger partial charge in [0.1, 0.15) is 0 Å². The fraction of sp³-hybridized carbons (Fsp3) is 0.500. The predicted octanol–water partition coefficient (Wildman–Crippen LogP) is 4.44. The van der Waals surface area contributed by atoms with E-state index in [0.29, 0.717) is 6.04 Å². The van der Waals surface area contributed by atoms with E-state index in [-0.39, 0.29) is 0 Å². The zero-order valence-electron chi connectivity index (χ0n) is 8.89. The van der Waals surface area contributed by atoms with Gasteiger partial charge in [-0.3, -0.25) is 0 Å². The van der Waals surface area contributed by atoms with E-state index in [9.17, 15) is 0 Å². The van der Waals surface area contributed by atoms with Gasteiger partial charge in [0, 0.05) is 16.2 Å². The molecule has 1 aromatic carbocycles. The first-order chi connectivity index (χ1) is 6.72. The van der Waals surface area contributed by atoms with Crippen LogP contribution in [0.4, 0.5) is 5.69 Å². The first kappa shape index (κ1) is 11.6. The maximum Gasteiger partial charge on any atom is 0.0342 e. The Balaban J connectivity index is 2.39. The standard InChI is InChI=1S/C12H18BrN/c1-3-4-5-10(2)14-12-8-6-11(13)7-9-12/h6-10,14H,3-5H2,1-2H3. The van der Waals surface area contributed by atoms with Gasteiger partial charge in [-0.1, -0.05) is 35.7 Å². The van der Waals surface area contributed by atoms with Crippen molar-refractivity contribution in [2.45, 2.75) is 39.2 Å². The van der Waals surface area contributed by atoms with Crippen molar-refractivity contribution in [3.8, 4) is 0 Å². The van der Waals surface area contributed by atoms with Gasteiger partial charge in [-0.25, -0.2) is 0 Å². The van der Waals surface area contributed by atoms with E-state index >= 15 is 0 Å². The van der Waals surface area contributed by atoms with Gasteiger partial charge in [0.2, 0.25) is 0 Å². The fourth-order valence-corrected chi connectivity index (χ4v) is 1.68. The van der Waals surface area contributed by atoms with Crippen molar-refractivity contribution in [2.24, 2.45) is 0 Å². The number of nitrogens with one attached hydrogen (secondary N) is 1. The van der Waals surface area contributed by atoms with Crippen LogP contribution in [0.3, 0.4) is 0 Å². The van der Waals surface area contributed by atoms with E-state index < -0.39 is 0 Å². The minimum atomic E-state index is 0.566. The van der Waals surface area contributed by atoms with Gasteiger partial charge in [0.15, 0.2) is 0 Å². The highest BCUT2D eigenvalue weighted by molar-refractivity contribution is 9.10. The third kappa shape index (κ3) is 4.14. The summed E-state index contributed by atoms with van der Waals surface area (Å²) in [7, 11) is 0. The van der Waals surface area contributed by atoms with Crippen LogP contribution in [0, 0.1) is 0 Å². The van der Waals surface area contributed by atoms with Crippen molar-refractivity contribution < 1.29 is 0 Å². The molecule has 78 valence electrons. The van der Waals surface area contributed by atoms with Crippen molar-refractivity contribution in [2.75, 3.05) is 5.32 Å². The first-order valence-electron chi connectivity index (χ1n) is 5.24. The van der Waals surface area contributed by atoms with Gasteiger partial charge in [-0.05, 0) is 37.6 Å². The second-order valence-electron chi connectivity index (χ2n) is 3.69. The molecule has 0 saturated heterocycles. The summed E-state index contributed by atoms with van der Waals surface area (Å²) < 4.78 is 1.13. The smallest absolute Gasteiger partial charge is 0.0342 e. The fourth-order valence-electron chi connectivity index (χ4n) is 1.41. The molecule has 1 rings (SSSR count). The molecule has 1 atom stereocenters. The number of rotatable bonds is 5. The molecule has 0 aliphatic heterocycles. The Labute approximate surface area is 95.0 Å². The second kappa shape index (κ2) is 6.07. The maximum atomic E-state index is 3.48. The lowest BCUT2D eigenvalue weighted by molar-refractivity contribution is 0.645. The van der Waals surface area contributed by atoms with Gasteiger partial charge in [0.05, 0.1) is 0 Å². The Morgan fingerprint density at radius 2 is 1.93 bits per heavy atom. The number of anilines is 1. The molecule has 0 bridgehead atoms. The summed E-state index contributed by atoms with van der Waals surface area (Å²) in [5.41, 5.74) is 1.21. The molecule has 14 heavy (non-hydrogen) atoms. The van der Waals surface area contributed by atoms with E-state index in [1.165, 1.54) is 24.9 Å². The average Bonchev–Trinajstić information content (AvgIpc) is 2.18. The van der Waals surface area contributed by atoms with Crippen molar-refractivity contribution in [1.29, 1.82) is 0 Å². The summed E-state index contributed by atoms with van der Waals surface area (Å²) in [4.78, 5) is 0. The molecule has 0 heterocycles. The van der Waals surface area contributed by atoms with Crippen LogP contribution < -0.4 is 5.32 Å². The van der Waals surface area contributed by atoms with E-state index in [1.807, 2.05) is 0 Å². The molecule has 0 fully saturated rings. The molecule has 1 nitrogen and oxygen atoms in total. The average molecular weight is 256 g/mol. The van der Waals surface area contributed by atoms with Crippen molar-refractivity contribution in [1.82, 2.24) is 0 Å². The van der Waals surface area contributed by atoms with Crippen LogP contribution >= 0.6 is 15.9 Å². The Bertz CT molecular complexity index is 256. The van der Waals surface area contributed by atoms with Crippen molar-refractivity contribution in [3.63, 3.8) is 0 Å². The summed E-state index contributed by atoms with van der Waals surface area (Å²) in [5, 5.41) is 3.48. The monoisotopic (exact) mass is 255 g/mol.